The van der Waals surface area contributed by atoms with Crippen LogP contribution in [0.5, 0.6) is 11.8 Å². The van der Waals surface area contributed by atoms with Gasteiger partial charge in [-0.15, -0.1) is 5.54 Å². The summed E-state index contributed by atoms with van der Waals surface area (Å²) in [6.07, 6.45) is 2.94. The summed E-state index contributed by atoms with van der Waals surface area (Å²) in [4.78, 5) is 13.4. The van der Waals surface area contributed by atoms with Crippen LogP contribution in [0.3, 0.4) is 0 Å². The average Bonchev–Trinajstić information content (AvgIpc) is 3.79. The lowest BCUT2D eigenvalue weighted by Gasteiger charge is -2.38. The van der Waals surface area contributed by atoms with Crippen LogP contribution < -0.4 is 15.0 Å². The molecule has 0 saturated carbocycles. The van der Waals surface area contributed by atoms with Crippen LogP contribution in [0.25, 0.3) is 32.8 Å². The molecule has 1 aromatic heterocycles. The van der Waals surface area contributed by atoms with Crippen LogP contribution in [0.4, 0.5) is 23.4 Å². The molecule has 3 aromatic carbocycles. The van der Waals surface area contributed by atoms with Crippen molar-refractivity contribution in [1.82, 2.24) is 20.2 Å². The fourth-order valence-electron chi connectivity index (χ4n) is 10.7. The maximum absolute atomic E-state index is 17.5. The van der Waals surface area contributed by atoms with E-state index in [4.69, 9.17) is 21.3 Å². The van der Waals surface area contributed by atoms with E-state index in [2.05, 4.69) is 68.2 Å². The highest BCUT2D eigenvalue weighted by Crippen LogP contribution is 2.47. The summed E-state index contributed by atoms with van der Waals surface area (Å²) in [5, 5.41) is 14.7. The lowest BCUT2D eigenvalue weighted by molar-refractivity contribution is 0.107. The Balaban J connectivity index is 1.34. The van der Waals surface area contributed by atoms with Gasteiger partial charge in [0.1, 0.15) is 43.8 Å². The maximum Gasteiger partial charge on any atom is 0.319 e. The first-order valence-corrected chi connectivity index (χ1v) is 22.6. The summed E-state index contributed by atoms with van der Waals surface area (Å²) in [6, 6.07) is 5.61. The Bertz CT molecular complexity index is 2250. The molecule has 0 spiro atoms. The zero-order valence-electron chi connectivity index (χ0n) is 32.9. The molecule has 4 fully saturated rings. The third-order valence-corrected chi connectivity index (χ3v) is 19.9. The molecule has 0 radical (unpaired) electrons. The number of aromatic nitrogens is 2. The molecule has 2 bridgehead atoms. The van der Waals surface area contributed by atoms with Gasteiger partial charge < -0.3 is 20.1 Å². The van der Waals surface area contributed by atoms with E-state index in [0.29, 0.717) is 31.4 Å². The summed E-state index contributed by atoms with van der Waals surface area (Å²) >= 11 is 6.96. The second-order valence-electron chi connectivity index (χ2n) is 17.4. The van der Waals surface area contributed by atoms with Crippen molar-refractivity contribution in [2.45, 2.75) is 114 Å². The van der Waals surface area contributed by atoms with Crippen molar-refractivity contribution in [3.8, 4) is 34.4 Å². The third-order valence-electron chi connectivity index (χ3n) is 13.3. The predicted molar refractivity (Wildman–Crippen MR) is 218 cm³/mol. The van der Waals surface area contributed by atoms with E-state index >= 15 is 13.2 Å². The van der Waals surface area contributed by atoms with Crippen molar-refractivity contribution in [2.24, 2.45) is 0 Å². The molecule has 7 nitrogen and oxygen atoms in total. The van der Waals surface area contributed by atoms with Gasteiger partial charge in [0.25, 0.3) is 0 Å². The molecule has 4 aliphatic heterocycles. The molecule has 0 aliphatic carbocycles. The Morgan fingerprint density at radius 1 is 0.982 bits per heavy atom. The predicted octanol–water partition coefficient (Wildman–Crippen LogP) is 9.69. The van der Waals surface area contributed by atoms with Crippen LogP contribution in [0.1, 0.15) is 79.2 Å². The lowest BCUT2D eigenvalue weighted by Crippen LogP contribution is -2.51. The molecular weight excluding hydrogens is 758 g/mol. The number of benzene rings is 3. The number of aromatic hydroxyl groups is 1. The number of halogens is 5. The Morgan fingerprint density at radius 2 is 1.68 bits per heavy atom. The van der Waals surface area contributed by atoms with Gasteiger partial charge >= 0.3 is 6.01 Å². The maximum atomic E-state index is 17.5. The first-order valence-electron chi connectivity index (χ1n) is 20.0. The minimum Gasteiger partial charge on any atom is -0.508 e. The average molecular weight is 808 g/mol. The monoisotopic (exact) mass is 807 g/mol. The molecule has 13 heteroatoms. The van der Waals surface area contributed by atoms with Gasteiger partial charge in [0.2, 0.25) is 0 Å². The highest BCUT2D eigenvalue weighted by molar-refractivity contribution is 6.90. The number of ether oxygens (including phenoxy) is 1. The Labute approximate surface area is 332 Å². The number of alkyl halides is 1. The van der Waals surface area contributed by atoms with Crippen molar-refractivity contribution in [1.29, 1.82) is 0 Å². The molecular formula is C43H50ClF4N5O2Si. The number of piperazine rings is 1. The van der Waals surface area contributed by atoms with E-state index in [1.54, 1.807) is 0 Å². The number of anilines is 1. The number of fused-ring (bicyclic) bond motifs is 5. The first-order chi connectivity index (χ1) is 26.6. The number of nitrogens with one attached hydrogen (secondary N) is 1. The first kappa shape index (κ1) is 39.2. The van der Waals surface area contributed by atoms with Crippen molar-refractivity contribution >= 4 is 47.2 Å². The van der Waals surface area contributed by atoms with Crippen LogP contribution >= 0.6 is 11.6 Å². The number of hydrogen-bond donors (Lipinski definition) is 2. The fourth-order valence-corrected chi connectivity index (χ4v) is 16.2. The van der Waals surface area contributed by atoms with Gasteiger partial charge in [-0.3, -0.25) is 4.90 Å². The van der Waals surface area contributed by atoms with Crippen LogP contribution in [0, 0.1) is 28.9 Å². The van der Waals surface area contributed by atoms with E-state index in [-0.39, 0.29) is 80.3 Å². The summed E-state index contributed by atoms with van der Waals surface area (Å²) in [7, 11) is -2.37. The normalized spacial score (nSPS) is 23.9. The van der Waals surface area contributed by atoms with Gasteiger partial charge in [-0.2, -0.15) is 9.97 Å². The zero-order chi connectivity index (χ0) is 39.8. The largest absolute Gasteiger partial charge is 0.508 e. The van der Waals surface area contributed by atoms with E-state index < -0.39 is 47.8 Å². The molecule has 2 unspecified atom stereocenters. The number of nitrogens with zero attached hydrogens (tertiary/aromatic N) is 4. The van der Waals surface area contributed by atoms with Gasteiger partial charge in [0.05, 0.1) is 27.1 Å². The van der Waals surface area contributed by atoms with Crippen LogP contribution in [0.15, 0.2) is 24.3 Å². The number of rotatable bonds is 8. The molecule has 8 rings (SSSR count). The van der Waals surface area contributed by atoms with E-state index in [9.17, 15) is 9.50 Å². The van der Waals surface area contributed by atoms with E-state index in [0.717, 1.165) is 32.2 Å². The molecule has 4 atom stereocenters. The van der Waals surface area contributed by atoms with Gasteiger partial charge in [-0.05, 0) is 72.4 Å². The quantitative estimate of drug-likeness (QED) is 0.0796. The van der Waals surface area contributed by atoms with Crippen molar-refractivity contribution in [3.63, 3.8) is 0 Å². The molecule has 2 N–H and O–H groups in total. The summed E-state index contributed by atoms with van der Waals surface area (Å²) in [5.74, 6) is 0.400. The number of hydrogen-bond acceptors (Lipinski definition) is 7. The smallest absolute Gasteiger partial charge is 0.319 e. The summed E-state index contributed by atoms with van der Waals surface area (Å²) in [6.45, 7) is 15.2. The standard InChI is InChI=1S/C43H50ClF4N5O2Si/c1-23(2)56(24(3)4,25(5)6)15-12-31-33(46)11-8-26-16-30(54)17-32(34(26)31)35-38(47)37(44)36-40(39(35)48)50-42(51-41(36)52-20-28-9-10-29(21-52)49-28)55-22-43-13-7-14-53(43)19-27(45)18-43/h8,11,16-17,23-25,27-29,49,54H,7,9-10,13-14,18-22H2,1-6H3/t27-,28?,29?,43+/m1/s1. The van der Waals surface area contributed by atoms with Crippen LogP contribution in [-0.2, 0) is 0 Å². The van der Waals surface area contributed by atoms with Gasteiger partial charge in [0, 0.05) is 49.1 Å². The summed E-state index contributed by atoms with van der Waals surface area (Å²) < 4.78 is 71.7. The molecule has 4 aliphatic rings. The Hall–Kier alpha value is -3.63. The van der Waals surface area contributed by atoms with Crippen LogP contribution in [0.2, 0.25) is 21.6 Å². The molecule has 0 amide bonds. The Kier molecular flexibility index (Phi) is 10.2. The SMILES string of the molecule is CC(C)[Si](C#Cc1c(F)ccc2cc(O)cc(-c3c(F)c(Cl)c4c(N5CC6CCC(C5)N6)nc(OC[C@@]56CCCN5C[C@H](F)C6)nc4c3F)c12)(C(C)C)C(C)C. The lowest BCUT2D eigenvalue weighted by atomic mass is 9.92. The fraction of sp³-hybridized carbons (Fsp3) is 0.535. The van der Waals surface area contributed by atoms with Gasteiger partial charge in [0.15, 0.2) is 11.6 Å². The highest BCUT2D eigenvalue weighted by Gasteiger charge is 2.49. The minimum atomic E-state index is -2.37. The highest BCUT2D eigenvalue weighted by atomic mass is 35.5. The summed E-state index contributed by atoms with van der Waals surface area (Å²) in [5.41, 5.74) is 2.88. The molecule has 5 heterocycles. The van der Waals surface area contributed by atoms with E-state index in [1.165, 1.54) is 24.3 Å². The van der Waals surface area contributed by atoms with Crippen molar-refractivity contribution in [3.05, 3.63) is 52.3 Å². The van der Waals surface area contributed by atoms with Crippen LogP contribution in [-0.4, -0.2) is 84.6 Å². The number of phenols is 1. The topological polar surface area (TPSA) is 73.8 Å². The zero-order valence-corrected chi connectivity index (χ0v) is 34.6. The number of phenolic OH excluding ortho intramolecular Hbond substituents is 1. The minimum absolute atomic E-state index is 0.00153. The molecule has 4 aromatic rings. The van der Waals surface area contributed by atoms with Gasteiger partial charge in [-0.1, -0.05) is 65.1 Å². The molecule has 56 heavy (non-hydrogen) atoms. The molecule has 4 saturated heterocycles. The van der Waals surface area contributed by atoms with E-state index in [1.807, 2.05) is 4.90 Å². The second-order valence-corrected chi connectivity index (χ2v) is 23.4. The van der Waals surface area contributed by atoms with Gasteiger partial charge in [-0.25, -0.2) is 17.6 Å². The third kappa shape index (κ3) is 6.41. The van der Waals surface area contributed by atoms with Crippen molar-refractivity contribution < 1.29 is 27.4 Å². The molecule has 298 valence electrons. The Morgan fingerprint density at radius 3 is 2.36 bits per heavy atom. The second kappa shape index (κ2) is 14.6. The van der Waals surface area contributed by atoms with Crippen molar-refractivity contribution in [2.75, 3.05) is 37.7 Å².